The number of nitrogen functional groups attached to an aromatic ring is 1. The molecule has 0 aliphatic heterocycles. The van der Waals surface area contributed by atoms with Crippen molar-refractivity contribution in [3.8, 4) is 0 Å². The SMILES string of the molecule is CC(C)(C)c1nc(NN)cc(N(CC2CC2)C2CC2)n1. The fraction of sp³-hybridized carbons (Fsp3) is 0.733. The van der Waals surface area contributed by atoms with Crippen LogP contribution in [-0.2, 0) is 5.41 Å². The van der Waals surface area contributed by atoms with Crippen molar-refractivity contribution in [1.29, 1.82) is 0 Å². The largest absolute Gasteiger partial charge is 0.353 e. The molecule has 20 heavy (non-hydrogen) atoms. The van der Waals surface area contributed by atoms with Gasteiger partial charge in [0.25, 0.3) is 0 Å². The van der Waals surface area contributed by atoms with Crippen molar-refractivity contribution in [2.75, 3.05) is 16.9 Å². The minimum Gasteiger partial charge on any atom is -0.353 e. The standard InChI is InChI=1S/C15H25N5/c1-15(2,3)14-17-12(19-16)8-13(18-14)20(11-6-7-11)9-10-4-5-10/h8,10-11H,4-7,9,16H2,1-3H3,(H,17,18,19). The van der Waals surface area contributed by atoms with E-state index in [-0.39, 0.29) is 5.41 Å². The Bertz CT molecular complexity index is 486. The van der Waals surface area contributed by atoms with Gasteiger partial charge in [-0.15, -0.1) is 0 Å². The lowest BCUT2D eigenvalue weighted by molar-refractivity contribution is 0.543. The highest BCUT2D eigenvalue weighted by atomic mass is 15.3. The molecule has 1 aromatic heterocycles. The molecular formula is C15H25N5. The van der Waals surface area contributed by atoms with Gasteiger partial charge in [0.15, 0.2) is 0 Å². The molecule has 0 atom stereocenters. The van der Waals surface area contributed by atoms with Gasteiger partial charge in [0, 0.05) is 24.1 Å². The van der Waals surface area contributed by atoms with Gasteiger partial charge in [-0.05, 0) is 31.6 Å². The number of nitrogens with zero attached hydrogens (tertiary/aromatic N) is 3. The lowest BCUT2D eigenvalue weighted by atomic mass is 9.96. The number of hydrogen-bond acceptors (Lipinski definition) is 5. The van der Waals surface area contributed by atoms with E-state index in [4.69, 9.17) is 10.8 Å². The van der Waals surface area contributed by atoms with Crippen molar-refractivity contribution in [1.82, 2.24) is 9.97 Å². The summed E-state index contributed by atoms with van der Waals surface area (Å²) in [6, 6.07) is 2.65. The van der Waals surface area contributed by atoms with Gasteiger partial charge < -0.3 is 10.3 Å². The third-order valence-electron chi connectivity index (χ3n) is 3.97. The summed E-state index contributed by atoms with van der Waals surface area (Å²) in [6.45, 7) is 7.54. The zero-order chi connectivity index (χ0) is 14.3. The summed E-state index contributed by atoms with van der Waals surface area (Å²) in [5, 5.41) is 0. The Morgan fingerprint density at radius 3 is 2.45 bits per heavy atom. The highest BCUT2D eigenvalue weighted by Crippen LogP contribution is 2.38. The number of hydrogen-bond donors (Lipinski definition) is 2. The Morgan fingerprint density at radius 1 is 1.25 bits per heavy atom. The lowest BCUT2D eigenvalue weighted by Gasteiger charge is -2.26. The van der Waals surface area contributed by atoms with Crippen molar-refractivity contribution < 1.29 is 0 Å². The van der Waals surface area contributed by atoms with E-state index in [1.807, 2.05) is 6.07 Å². The molecule has 2 saturated carbocycles. The molecule has 0 bridgehead atoms. The molecule has 5 nitrogen and oxygen atoms in total. The van der Waals surface area contributed by atoms with E-state index >= 15 is 0 Å². The van der Waals surface area contributed by atoms with E-state index in [0.29, 0.717) is 11.9 Å². The molecule has 1 heterocycles. The second-order valence-corrected chi connectivity index (χ2v) is 7.16. The number of rotatable bonds is 5. The average molecular weight is 275 g/mol. The number of nitrogens with one attached hydrogen (secondary N) is 1. The first kappa shape index (κ1) is 13.6. The van der Waals surface area contributed by atoms with Gasteiger partial charge in [-0.25, -0.2) is 15.8 Å². The van der Waals surface area contributed by atoms with E-state index in [1.54, 1.807) is 0 Å². The normalized spacial score (nSPS) is 19.0. The minimum atomic E-state index is -0.0730. The first-order valence-corrected chi connectivity index (χ1v) is 7.60. The molecule has 1 aromatic rings. The summed E-state index contributed by atoms with van der Waals surface area (Å²) in [5.74, 6) is 9.03. The molecule has 3 rings (SSSR count). The molecule has 5 heteroatoms. The fourth-order valence-corrected chi connectivity index (χ4v) is 2.39. The summed E-state index contributed by atoms with van der Waals surface area (Å²) < 4.78 is 0. The molecule has 110 valence electrons. The second-order valence-electron chi connectivity index (χ2n) is 7.16. The summed E-state index contributed by atoms with van der Waals surface area (Å²) in [6.07, 6.45) is 5.30. The van der Waals surface area contributed by atoms with Crippen LogP contribution in [-0.4, -0.2) is 22.6 Å². The van der Waals surface area contributed by atoms with E-state index in [1.165, 1.54) is 25.7 Å². The maximum Gasteiger partial charge on any atom is 0.145 e. The van der Waals surface area contributed by atoms with Crippen LogP contribution in [0.2, 0.25) is 0 Å². The summed E-state index contributed by atoms with van der Waals surface area (Å²) in [7, 11) is 0. The Balaban J connectivity index is 1.92. The maximum atomic E-state index is 5.58. The first-order chi connectivity index (χ1) is 9.47. The van der Waals surface area contributed by atoms with Gasteiger partial charge in [-0.3, -0.25) is 0 Å². The van der Waals surface area contributed by atoms with Crippen LogP contribution in [0.3, 0.4) is 0 Å². The minimum absolute atomic E-state index is 0.0730. The zero-order valence-corrected chi connectivity index (χ0v) is 12.7. The van der Waals surface area contributed by atoms with Gasteiger partial charge in [0.2, 0.25) is 0 Å². The summed E-state index contributed by atoms with van der Waals surface area (Å²) >= 11 is 0. The Kier molecular flexibility index (Phi) is 3.32. The third-order valence-corrected chi connectivity index (χ3v) is 3.97. The Labute approximate surface area is 120 Å². The van der Waals surface area contributed by atoms with E-state index in [0.717, 1.165) is 24.1 Å². The van der Waals surface area contributed by atoms with Gasteiger partial charge >= 0.3 is 0 Å². The van der Waals surface area contributed by atoms with Crippen molar-refractivity contribution in [3.05, 3.63) is 11.9 Å². The van der Waals surface area contributed by atoms with E-state index in [2.05, 4.69) is 36.1 Å². The molecule has 3 N–H and O–H groups in total. The van der Waals surface area contributed by atoms with Crippen LogP contribution in [0, 0.1) is 5.92 Å². The molecule has 0 saturated heterocycles. The number of hydrazine groups is 1. The van der Waals surface area contributed by atoms with Crippen LogP contribution in [0.5, 0.6) is 0 Å². The molecule has 0 spiro atoms. The smallest absolute Gasteiger partial charge is 0.145 e. The molecule has 0 aromatic carbocycles. The van der Waals surface area contributed by atoms with Gasteiger partial charge in [0.1, 0.15) is 17.5 Å². The van der Waals surface area contributed by atoms with Crippen molar-refractivity contribution in [2.24, 2.45) is 11.8 Å². The molecule has 2 fully saturated rings. The van der Waals surface area contributed by atoms with E-state index < -0.39 is 0 Å². The van der Waals surface area contributed by atoms with Crippen LogP contribution in [0.4, 0.5) is 11.6 Å². The van der Waals surface area contributed by atoms with Crippen LogP contribution < -0.4 is 16.2 Å². The van der Waals surface area contributed by atoms with Crippen molar-refractivity contribution in [2.45, 2.75) is 57.9 Å². The van der Waals surface area contributed by atoms with Crippen LogP contribution >= 0.6 is 0 Å². The Hall–Kier alpha value is -1.36. The lowest BCUT2D eigenvalue weighted by Crippen LogP contribution is -2.30. The monoisotopic (exact) mass is 275 g/mol. The van der Waals surface area contributed by atoms with E-state index in [9.17, 15) is 0 Å². The molecule has 0 radical (unpaired) electrons. The van der Waals surface area contributed by atoms with Crippen LogP contribution in [0.1, 0.15) is 52.3 Å². The number of aromatic nitrogens is 2. The summed E-state index contributed by atoms with van der Waals surface area (Å²) in [5.41, 5.74) is 2.61. The van der Waals surface area contributed by atoms with Crippen molar-refractivity contribution in [3.63, 3.8) is 0 Å². The maximum absolute atomic E-state index is 5.58. The molecule has 0 amide bonds. The van der Waals surface area contributed by atoms with Gasteiger partial charge in [-0.2, -0.15) is 0 Å². The molecule has 2 aliphatic carbocycles. The van der Waals surface area contributed by atoms with Crippen LogP contribution in [0.25, 0.3) is 0 Å². The molecule has 2 aliphatic rings. The zero-order valence-electron chi connectivity index (χ0n) is 12.7. The predicted molar refractivity (Wildman–Crippen MR) is 81.6 cm³/mol. The average Bonchev–Trinajstić information content (AvgIpc) is 3.26. The molecule has 0 unspecified atom stereocenters. The summed E-state index contributed by atoms with van der Waals surface area (Å²) in [4.78, 5) is 11.8. The van der Waals surface area contributed by atoms with Crippen LogP contribution in [0.15, 0.2) is 6.07 Å². The second kappa shape index (κ2) is 4.88. The third kappa shape index (κ3) is 3.03. The number of nitrogens with two attached hydrogens (primary N) is 1. The predicted octanol–water partition coefficient (Wildman–Crippen LogP) is 2.44. The highest BCUT2D eigenvalue weighted by Gasteiger charge is 2.35. The van der Waals surface area contributed by atoms with Gasteiger partial charge in [0.05, 0.1) is 0 Å². The molecular weight excluding hydrogens is 250 g/mol. The Morgan fingerprint density at radius 2 is 1.95 bits per heavy atom. The number of anilines is 2. The first-order valence-electron chi connectivity index (χ1n) is 7.60. The van der Waals surface area contributed by atoms with Crippen molar-refractivity contribution >= 4 is 11.6 Å². The highest BCUT2D eigenvalue weighted by molar-refractivity contribution is 5.51. The fourth-order valence-electron chi connectivity index (χ4n) is 2.39. The van der Waals surface area contributed by atoms with Gasteiger partial charge in [-0.1, -0.05) is 20.8 Å². The quantitative estimate of drug-likeness (QED) is 0.638. The topological polar surface area (TPSA) is 67.1 Å².